The Morgan fingerprint density at radius 2 is 1.74 bits per heavy atom. The van der Waals surface area contributed by atoms with Crippen molar-refractivity contribution in [3.63, 3.8) is 0 Å². The number of nitrogens with one attached hydrogen (secondary N) is 3. The Labute approximate surface area is 167 Å². The van der Waals surface area contributed by atoms with E-state index in [2.05, 4.69) is 79.1 Å². The second kappa shape index (κ2) is 9.83. The van der Waals surface area contributed by atoms with Crippen LogP contribution in [0, 0.1) is 0 Å². The number of rotatable bonds is 6. The first kappa shape index (κ1) is 19.8. The summed E-state index contributed by atoms with van der Waals surface area (Å²) in [6, 6.07) is 19.7. The molecule has 5 heteroatoms. The Bertz CT molecular complexity index is 714. The fourth-order valence-corrected chi connectivity index (χ4v) is 4.07. The minimum Gasteiger partial charge on any atom is -0.370 e. The Hall–Kier alpha value is -1.95. The van der Waals surface area contributed by atoms with Crippen molar-refractivity contribution in [1.29, 1.82) is 0 Å². The van der Waals surface area contributed by atoms with Gasteiger partial charge in [0.15, 0.2) is 5.11 Å². The maximum absolute atomic E-state index is 5.59. The smallest absolute Gasteiger partial charge is 0.171 e. The lowest BCUT2D eigenvalue weighted by molar-refractivity contribution is -0.940. The van der Waals surface area contributed by atoms with Crippen LogP contribution in [0.4, 0.5) is 5.69 Å². The number of anilines is 1. The van der Waals surface area contributed by atoms with E-state index in [0.29, 0.717) is 11.2 Å². The SMILES string of the molecule is CCc1ccc(NC(=S)N[C@@H](C)[C@H](c2ccccc2)[NH+]2CCOCC2)cc1. The number of benzene rings is 2. The van der Waals surface area contributed by atoms with Crippen LogP contribution in [0.25, 0.3) is 0 Å². The number of morpholine rings is 1. The zero-order valence-corrected chi connectivity index (χ0v) is 17.0. The minimum absolute atomic E-state index is 0.204. The summed E-state index contributed by atoms with van der Waals surface area (Å²) >= 11 is 5.59. The molecule has 0 aliphatic carbocycles. The van der Waals surface area contributed by atoms with E-state index >= 15 is 0 Å². The molecule has 1 heterocycles. The number of quaternary nitrogens is 1. The van der Waals surface area contributed by atoms with Crippen molar-refractivity contribution in [3.05, 3.63) is 65.7 Å². The Morgan fingerprint density at radius 3 is 2.37 bits per heavy atom. The molecule has 0 radical (unpaired) electrons. The summed E-state index contributed by atoms with van der Waals surface area (Å²) in [7, 11) is 0. The average Bonchev–Trinajstić information content (AvgIpc) is 2.70. The monoisotopic (exact) mass is 384 g/mol. The number of hydrogen-bond donors (Lipinski definition) is 3. The van der Waals surface area contributed by atoms with Gasteiger partial charge in [-0.1, -0.05) is 49.4 Å². The quantitative estimate of drug-likeness (QED) is 0.670. The lowest BCUT2D eigenvalue weighted by atomic mass is 9.98. The molecule has 144 valence electrons. The molecule has 1 saturated heterocycles. The van der Waals surface area contributed by atoms with Gasteiger partial charge < -0.3 is 20.3 Å². The van der Waals surface area contributed by atoms with E-state index in [-0.39, 0.29) is 6.04 Å². The molecule has 0 bridgehead atoms. The van der Waals surface area contributed by atoms with Gasteiger partial charge in [-0.3, -0.25) is 0 Å². The predicted octanol–water partition coefficient (Wildman–Crippen LogP) is 2.58. The average molecular weight is 385 g/mol. The Balaban J connectivity index is 1.67. The molecule has 0 unspecified atom stereocenters. The van der Waals surface area contributed by atoms with Crippen LogP contribution < -0.4 is 15.5 Å². The first-order valence-corrected chi connectivity index (χ1v) is 10.2. The van der Waals surface area contributed by atoms with Gasteiger partial charge in [-0.05, 0) is 43.3 Å². The summed E-state index contributed by atoms with van der Waals surface area (Å²) < 4.78 is 5.57. The van der Waals surface area contributed by atoms with Crippen molar-refractivity contribution in [3.8, 4) is 0 Å². The lowest BCUT2D eigenvalue weighted by Gasteiger charge is -2.35. The summed E-state index contributed by atoms with van der Waals surface area (Å²) in [6.07, 6.45) is 1.04. The van der Waals surface area contributed by atoms with Crippen LogP contribution in [0.2, 0.25) is 0 Å². The van der Waals surface area contributed by atoms with E-state index in [1.807, 2.05) is 0 Å². The highest BCUT2D eigenvalue weighted by Crippen LogP contribution is 2.15. The van der Waals surface area contributed by atoms with Crippen molar-refractivity contribution < 1.29 is 9.64 Å². The van der Waals surface area contributed by atoms with E-state index in [4.69, 9.17) is 17.0 Å². The summed E-state index contributed by atoms with van der Waals surface area (Å²) in [5, 5.41) is 7.50. The van der Waals surface area contributed by atoms with Gasteiger partial charge >= 0.3 is 0 Å². The molecule has 1 aliphatic heterocycles. The first-order chi connectivity index (χ1) is 13.2. The molecule has 3 rings (SSSR count). The zero-order valence-electron chi connectivity index (χ0n) is 16.2. The standard InChI is InChI=1S/C22H29N3OS/c1-3-18-9-11-20(12-10-18)24-22(27)23-17(2)21(19-7-5-4-6-8-19)25-13-15-26-16-14-25/h4-12,17,21H,3,13-16H2,1-2H3,(H2,23,24,27)/p+1/t17-,21+/m0/s1. The number of hydrogen-bond acceptors (Lipinski definition) is 2. The molecule has 0 aromatic heterocycles. The van der Waals surface area contributed by atoms with Crippen LogP contribution >= 0.6 is 12.2 Å². The van der Waals surface area contributed by atoms with Gasteiger partial charge in [0.2, 0.25) is 0 Å². The zero-order chi connectivity index (χ0) is 19.1. The molecule has 0 amide bonds. The van der Waals surface area contributed by atoms with Gasteiger partial charge in [-0.15, -0.1) is 0 Å². The normalized spacial score (nSPS) is 17.1. The van der Waals surface area contributed by atoms with Crippen LogP contribution in [0.5, 0.6) is 0 Å². The summed E-state index contributed by atoms with van der Waals surface area (Å²) in [6.45, 7) is 8.05. The third-order valence-electron chi connectivity index (χ3n) is 5.21. The minimum atomic E-state index is 0.204. The van der Waals surface area contributed by atoms with Crippen molar-refractivity contribution in [2.24, 2.45) is 0 Å². The van der Waals surface area contributed by atoms with E-state index in [0.717, 1.165) is 38.4 Å². The van der Waals surface area contributed by atoms with Crippen molar-refractivity contribution in [1.82, 2.24) is 5.32 Å². The maximum Gasteiger partial charge on any atom is 0.171 e. The molecule has 0 spiro atoms. The van der Waals surface area contributed by atoms with Crippen LogP contribution in [0.15, 0.2) is 54.6 Å². The van der Waals surface area contributed by atoms with Crippen LogP contribution in [0.3, 0.4) is 0 Å². The summed E-state index contributed by atoms with van der Waals surface area (Å²) in [5.41, 5.74) is 3.68. The molecule has 27 heavy (non-hydrogen) atoms. The molecule has 3 N–H and O–H groups in total. The largest absolute Gasteiger partial charge is 0.370 e. The highest BCUT2D eigenvalue weighted by Gasteiger charge is 2.31. The second-order valence-electron chi connectivity index (χ2n) is 7.10. The fourth-order valence-electron chi connectivity index (χ4n) is 3.76. The molecular formula is C22H30N3OS+. The number of aryl methyl sites for hydroxylation is 1. The second-order valence-corrected chi connectivity index (χ2v) is 7.50. The lowest BCUT2D eigenvalue weighted by Crippen LogP contribution is -3.15. The highest BCUT2D eigenvalue weighted by atomic mass is 32.1. The third-order valence-corrected chi connectivity index (χ3v) is 5.43. The molecule has 2 aromatic carbocycles. The highest BCUT2D eigenvalue weighted by molar-refractivity contribution is 7.80. The third kappa shape index (κ3) is 5.51. The molecule has 0 saturated carbocycles. The Morgan fingerprint density at radius 1 is 1.07 bits per heavy atom. The van der Waals surface area contributed by atoms with E-state index in [1.54, 1.807) is 4.90 Å². The topological polar surface area (TPSA) is 37.7 Å². The van der Waals surface area contributed by atoms with E-state index in [9.17, 15) is 0 Å². The van der Waals surface area contributed by atoms with Gasteiger partial charge in [0.1, 0.15) is 19.1 Å². The van der Waals surface area contributed by atoms with Crippen LogP contribution in [0.1, 0.15) is 31.0 Å². The van der Waals surface area contributed by atoms with Gasteiger partial charge in [-0.2, -0.15) is 0 Å². The van der Waals surface area contributed by atoms with Crippen LogP contribution in [-0.4, -0.2) is 37.5 Å². The summed E-state index contributed by atoms with van der Waals surface area (Å²) in [4.78, 5) is 1.54. The molecule has 2 atom stereocenters. The van der Waals surface area contributed by atoms with Gasteiger partial charge in [0.25, 0.3) is 0 Å². The van der Waals surface area contributed by atoms with Crippen molar-refractivity contribution in [2.75, 3.05) is 31.6 Å². The van der Waals surface area contributed by atoms with Gasteiger partial charge in [0.05, 0.1) is 19.3 Å². The molecule has 4 nitrogen and oxygen atoms in total. The van der Waals surface area contributed by atoms with E-state index in [1.165, 1.54) is 11.1 Å². The van der Waals surface area contributed by atoms with E-state index < -0.39 is 0 Å². The first-order valence-electron chi connectivity index (χ1n) is 9.81. The summed E-state index contributed by atoms with van der Waals surface area (Å²) in [5.74, 6) is 0. The number of thiocarbonyl (C=S) groups is 1. The fraction of sp³-hybridized carbons (Fsp3) is 0.409. The number of ether oxygens (including phenoxy) is 1. The molecule has 2 aromatic rings. The van der Waals surface area contributed by atoms with Crippen molar-refractivity contribution >= 4 is 23.0 Å². The molecule has 1 fully saturated rings. The van der Waals surface area contributed by atoms with Gasteiger partial charge in [-0.25, -0.2) is 0 Å². The maximum atomic E-state index is 5.59. The molecular weight excluding hydrogens is 354 g/mol. The van der Waals surface area contributed by atoms with Crippen molar-refractivity contribution in [2.45, 2.75) is 32.4 Å². The van der Waals surface area contributed by atoms with Gasteiger partial charge in [0, 0.05) is 11.3 Å². The van der Waals surface area contributed by atoms with Crippen LogP contribution in [-0.2, 0) is 11.2 Å². The molecule has 1 aliphatic rings. The predicted molar refractivity (Wildman–Crippen MR) is 115 cm³/mol. The Kier molecular flexibility index (Phi) is 7.21.